The number of ether oxygens (including phenoxy) is 2. The number of sulfonamides is 1. The maximum absolute atomic E-state index is 14.1. The molecule has 3 aromatic rings. The highest BCUT2D eigenvalue weighted by Gasteiger charge is 2.40. The van der Waals surface area contributed by atoms with Crippen LogP contribution in [-0.4, -0.2) is 103 Å². The van der Waals surface area contributed by atoms with E-state index in [0.29, 0.717) is 32.0 Å². The lowest BCUT2D eigenvalue weighted by Crippen LogP contribution is -2.57. The summed E-state index contributed by atoms with van der Waals surface area (Å²) in [5, 5.41) is 17.5. The summed E-state index contributed by atoms with van der Waals surface area (Å²) >= 11 is 1.47. The van der Waals surface area contributed by atoms with Gasteiger partial charge >= 0.3 is 6.03 Å². The van der Waals surface area contributed by atoms with Gasteiger partial charge in [-0.05, 0) is 48.1 Å². The minimum Gasteiger partial charge on any atom is -0.497 e. The molecule has 2 heterocycles. The van der Waals surface area contributed by atoms with Gasteiger partial charge in [-0.15, -0.1) is 11.3 Å². The lowest BCUT2D eigenvalue weighted by Gasteiger charge is -2.34. The molecule has 0 aliphatic carbocycles. The predicted molar refractivity (Wildman–Crippen MR) is 189 cm³/mol. The summed E-state index contributed by atoms with van der Waals surface area (Å²) in [5.74, 6) is -0.153. The molecule has 0 unspecified atom stereocenters. The Morgan fingerprint density at radius 1 is 1.04 bits per heavy atom. The third-order valence-corrected chi connectivity index (χ3v) is 11.0. The van der Waals surface area contributed by atoms with E-state index in [-0.39, 0.29) is 42.3 Å². The van der Waals surface area contributed by atoms with Crippen molar-refractivity contribution >= 4 is 33.3 Å². The number of hydrogen-bond acceptors (Lipinski definition) is 9. The Kier molecular flexibility index (Phi) is 13.6. The number of nitrogens with zero attached hydrogens (tertiary/aromatic N) is 4. The minimum absolute atomic E-state index is 0.0346. The zero-order valence-electron chi connectivity index (χ0n) is 29.1. The SMILES string of the molecule is COCc1nc(CN2CCN([C@H](C(=O)N[C@@H](Cc3ccccc3)[C@@H](O)CN(CC(C)C)S(=O)(=O)c3ccc(OC)cc3)C(C)C)C2=O)cs1. The summed E-state index contributed by atoms with van der Waals surface area (Å²) in [5.41, 5.74) is 1.63. The van der Waals surface area contributed by atoms with Crippen LogP contribution in [0, 0.1) is 11.8 Å². The van der Waals surface area contributed by atoms with Crippen molar-refractivity contribution in [3.8, 4) is 5.75 Å². The lowest BCUT2D eigenvalue weighted by atomic mass is 9.97. The summed E-state index contributed by atoms with van der Waals surface area (Å²) in [7, 11) is -0.886. The van der Waals surface area contributed by atoms with Crippen molar-refractivity contribution in [1.82, 2.24) is 24.4 Å². The fourth-order valence-electron chi connectivity index (χ4n) is 5.95. The van der Waals surface area contributed by atoms with Crippen molar-refractivity contribution < 1.29 is 32.6 Å². The van der Waals surface area contributed by atoms with Gasteiger partial charge in [0.15, 0.2) is 0 Å². The number of nitrogens with one attached hydrogen (secondary N) is 1. The standard InChI is InChI=1S/C35H49N5O7S2/c1-24(2)19-39(49(44,45)29-14-12-28(47-6)13-15-29)21-31(41)30(18-26-10-8-7-9-11-26)37-34(42)33(25(3)4)40-17-16-38(35(40)43)20-27-23-48-32(36-27)22-46-5/h7-15,23-25,30-31,33,41H,16-22H2,1-6H3,(H,37,42)/t30-,31-,33-/m0/s1. The van der Waals surface area contributed by atoms with Gasteiger partial charge < -0.3 is 29.7 Å². The first-order valence-electron chi connectivity index (χ1n) is 16.5. The molecule has 0 bridgehead atoms. The van der Waals surface area contributed by atoms with Gasteiger partial charge in [0, 0.05) is 38.7 Å². The molecule has 1 aliphatic rings. The van der Waals surface area contributed by atoms with Crippen molar-refractivity contribution in [1.29, 1.82) is 0 Å². The second-order valence-corrected chi connectivity index (χ2v) is 15.9. The van der Waals surface area contributed by atoms with Gasteiger partial charge in [0.05, 0.1) is 43.0 Å². The van der Waals surface area contributed by atoms with Gasteiger partial charge in [-0.1, -0.05) is 58.0 Å². The first-order valence-corrected chi connectivity index (χ1v) is 18.8. The van der Waals surface area contributed by atoms with Gasteiger partial charge in [-0.2, -0.15) is 4.31 Å². The quantitative estimate of drug-likeness (QED) is 0.202. The van der Waals surface area contributed by atoms with E-state index in [9.17, 15) is 23.1 Å². The molecule has 14 heteroatoms. The minimum atomic E-state index is -4.00. The van der Waals surface area contributed by atoms with Crippen LogP contribution >= 0.6 is 11.3 Å². The number of hydrogen-bond donors (Lipinski definition) is 2. The molecule has 49 heavy (non-hydrogen) atoms. The van der Waals surface area contributed by atoms with Gasteiger partial charge in [-0.3, -0.25) is 4.79 Å². The van der Waals surface area contributed by atoms with E-state index >= 15 is 0 Å². The van der Waals surface area contributed by atoms with Crippen LogP contribution in [0.15, 0.2) is 64.9 Å². The van der Waals surface area contributed by atoms with E-state index in [1.807, 2.05) is 63.4 Å². The predicted octanol–water partition coefficient (Wildman–Crippen LogP) is 4.00. The summed E-state index contributed by atoms with van der Waals surface area (Å²) in [6.07, 6.45) is -1.01. The number of methoxy groups -OCH3 is 2. The summed E-state index contributed by atoms with van der Waals surface area (Å²) in [6, 6.07) is 13.6. The van der Waals surface area contributed by atoms with Crippen molar-refractivity contribution in [3.05, 3.63) is 76.2 Å². The van der Waals surface area contributed by atoms with Crippen molar-refractivity contribution in [2.45, 2.75) is 70.4 Å². The van der Waals surface area contributed by atoms with Crippen LogP contribution in [0.3, 0.4) is 0 Å². The van der Waals surface area contributed by atoms with Crippen LogP contribution in [0.4, 0.5) is 4.79 Å². The molecule has 2 aromatic carbocycles. The number of rotatable bonds is 18. The number of urea groups is 1. The topological polar surface area (TPSA) is 142 Å². The van der Waals surface area contributed by atoms with Crippen LogP contribution in [0.1, 0.15) is 44.0 Å². The monoisotopic (exact) mass is 715 g/mol. The van der Waals surface area contributed by atoms with Gasteiger partial charge in [-0.25, -0.2) is 18.2 Å². The van der Waals surface area contributed by atoms with Crippen molar-refractivity contribution in [2.24, 2.45) is 11.8 Å². The van der Waals surface area contributed by atoms with Crippen LogP contribution in [0.25, 0.3) is 0 Å². The smallest absolute Gasteiger partial charge is 0.321 e. The van der Waals surface area contributed by atoms with E-state index in [2.05, 4.69) is 10.3 Å². The first kappa shape index (κ1) is 38.2. The maximum atomic E-state index is 14.1. The zero-order valence-corrected chi connectivity index (χ0v) is 30.7. The normalized spacial score (nSPS) is 15.7. The van der Waals surface area contributed by atoms with E-state index < -0.39 is 34.1 Å². The number of aliphatic hydroxyl groups excluding tert-OH is 1. The number of aromatic nitrogens is 1. The molecular weight excluding hydrogens is 667 g/mol. The molecule has 0 radical (unpaired) electrons. The summed E-state index contributed by atoms with van der Waals surface area (Å²) in [6.45, 7) is 9.02. The van der Waals surface area contributed by atoms with E-state index in [1.54, 1.807) is 29.0 Å². The van der Waals surface area contributed by atoms with Crippen LogP contribution in [-0.2, 0) is 39.1 Å². The highest BCUT2D eigenvalue weighted by Crippen LogP contribution is 2.24. The average Bonchev–Trinajstić information content (AvgIpc) is 3.66. The van der Waals surface area contributed by atoms with E-state index in [0.717, 1.165) is 16.3 Å². The molecule has 4 rings (SSSR count). The zero-order chi connectivity index (χ0) is 35.7. The highest BCUT2D eigenvalue weighted by molar-refractivity contribution is 7.89. The molecular formula is C35H49N5O7S2. The number of amides is 3. The van der Waals surface area contributed by atoms with Crippen molar-refractivity contribution in [2.75, 3.05) is 40.4 Å². The molecule has 3 atom stereocenters. The first-order chi connectivity index (χ1) is 23.3. The molecule has 12 nitrogen and oxygen atoms in total. The molecule has 268 valence electrons. The Morgan fingerprint density at radius 2 is 1.73 bits per heavy atom. The number of carbonyl (C=O) groups is 2. The molecule has 0 spiro atoms. The third kappa shape index (κ3) is 10.0. The van der Waals surface area contributed by atoms with Gasteiger partial charge in [0.2, 0.25) is 15.9 Å². The second-order valence-electron chi connectivity index (χ2n) is 13.0. The molecule has 1 aliphatic heterocycles. The fraction of sp³-hybridized carbons (Fsp3) is 0.514. The van der Waals surface area contributed by atoms with Crippen LogP contribution in [0.2, 0.25) is 0 Å². The Hall–Kier alpha value is -3.56. The second kappa shape index (κ2) is 17.4. The highest BCUT2D eigenvalue weighted by atomic mass is 32.2. The number of carbonyl (C=O) groups excluding carboxylic acids is 2. The Morgan fingerprint density at radius 3 is 2.35 bits per heavy atom. The Labute approximate surface area is 294 Å². The molecule has 2 N–H and O–H groups in total. The molecule has 3 amide bonds. The van der Waals surface area contributed by atoms with Gasteiger partial charge in [0.25, 0.3) is 0 Å². The van der Waals surface area contributed by atoms with E-state index in [1.165, 1.54) is 34.9 Å². The third-order valence-electron chi connectivity index (χ3n) is 8.33. The number of thiazole rings is 1. The molecule has 1 saturated heterocycles. The van der Waals surface area contributed by atoms with Crippen LogP contribution < -0.4 is 10.1 Å². The van der Waals surface area contributed by atoms with Crippen molar-refractivity contribution in [3.63, 3.8) is 0 Å². The van der Waals surface area contributed by atoms with Gasteiger partial charge in [0.1, 0.15) is 16.8 Å². The summed E-state index contributed by atoms with van der Waals surface area (Å²) < 4.78 is 39.3. The maximum Gasteiger partial charge on any atom is 0.321 e. The lowest BCUT2D eigenvalue weighted by molar-refractivity contribution is -0.128. The average molecular weight is 716 g/mol. The number of benzene rings is 2. The van der Waals surface area contributed by atoms with E-state index in [4.69, 9.17) is 9.47 Å². The fourth-order valence-corrected chi connectivity index (χ4v) is 8.32. The summed E-state index contributed by atoms with van der Waals surface area (Å²) in [4.78, 5) is 35.6. The Balaban J connectivity index is 1.55. The molecule has 1 fully saturated rings. The number of aliphatic hydroxyl groups is 1. The van der Waals surface area contributed by atoms with Crippen LogP contribution in [0.5, 0.6) is 5.75 Å². The molecule has 0 saturated carbocycles. The molecule has 1 aromatic heterocycles. The Bertz CT molecular complexity index is 1620. The largest absolute Gasteiger partial charge is 0.497 e.